The fourth-order valence-electron chi connectivity index (χ4n) is 2.93. The van der Waals surface area contributed by atoms with Crippen molar-refractivity contribution in [3.05, 3.63) is 46.4 Å². The summed E-state index contributed by atoms with van der Waals surface area (Å²) in [5.41, 5.74) is 5.84. The van der Waals surface area contributed by atoms with Gasteiger partial charge in [-0.15, -0.1) is 11.3 Å². The van der Waals surface area contributed by atoms with Crippen LogP contribution in [0.25, 0.3) is 0 Å². The van der Waals surface area contributed by atoms with Crippen LogP contribution in [0.4, 0.5) is 5.69 Å². The molecule has 0 N–H and O–H groups in total. The molecular formula is C16H21N3S. The number of likely N-dealkylation sites (tertiary alicyclic amines) is 1. The average molecular weight is 287 g/mol. The van der Waals surface area contributed by atoms with E-state index in [-0.39, 0.29) is 0 Å². The second-order valence-corrected chi connectivity index (χ2v) is 6.32. The van der Waals surface area contributed by atoms with Crippen LogP contribution in [0.2, 0.25) is 0 Å². The molecule has 1 aliphatic heterocycles. The highest BCUT2D eigenvalue weighted by Gasteiger charge is 2.26. The van der Waals surface area contributed by atoms with Crippen molar-refractivity contribution in [1.82, 2.24) is 9.88 Å². The number of thiazole rings is 1. The molecule has 1 aromatic carbocycles. The summed E-state index contributed by atoms with van der Waals surface area (Å²) in [6, 6.07) is 9.46. The van der Waals surface area contributed by atoms with Gasteiger partial charge in [0, 0.05) is 37.7 Å². The molecule has 4 heteroatoms. The topological polar surface area (TPSA) is 19.4 Å². The van der Waals surface area contributed by atoms with Crippen molar-refractivity contribution < 1.29 is 0 Å². The highest BCUT2D eigenvalue weighted by Crippen LogP contribution is 2.34. The lowest BCUT2D eigenvalue weighted by Crippen LogP contribution is -2.23. The first-order chi connectivity index (χ1) is 9.74. The number of nitrogens with zero attached hydrogens (tertiary/aromatic N) is 3. The van der Waals surface area contributed by atoms with Crippen LogP contribution in [0, 0.1) is 0 Å². The van der Waals surface area contributed by atoms with Gasteiger partial charge in [0.1, 0.15) is 0 Å². The van der Waals surface area contributed by atoms with Crippen molar-refractivity contribution in [2.75, 3.05) is 25.5 Å². The van der Waals surface area contributed by atoms with E-state index < -0.39 is 0 Å². The summed E-state index contributed by atoms with van der Waals surface area (Å²) in [5, 5.41) is 2.16. The van der Waals surface area contributed by atoms with E-state index in [4.69, 9.17) is 0 Å². The van der Waals surface area contributed by atoms with Crippen LogP contribution in [-0.2, 0) is 6.54 Å². The van der Waals surface area contributed by atoms with Gasteiger partial charge in [-0.2, -0.15) is 0 Å². The van der Waals surface area contributed by atoms with Gasteiger partial charge in [-0.25, -0.2) is 4.98 Å². The van der Waals surface area contributed by atoms with Crippen LogP contribution in [-0.4, -0.2) is 30.5 Å². The molecule has 0 aliphatic carbocycles. The molecule has 3 rings (SSSR count). The molecule has 1 aliphatic rings. The Kier molecular flexibility index (Phi) is 4.03. The van der Waals surface area contributed by atoms with Crippen LogP contribution >= 0.6 is 11.3 Å². The Bertz CT molecular complexity index is 551. The van der Waals surface area contributed by atoms with E-state index in [9.17, 15) is 0 Å². The van der Waals surface area contributed by atoms with Gasteiger partial charge >= 0.3 is 0 Å². The first-order valence-corrected chi connectivity index (χ1v) is 8.07. The Morgan fingerprint density at radius 1 is 1.40 bits per heavy atom. The van der Waals surface area contributed by atoms with Crippen molar-refractivity contribution in [3.8, 4) is 0 Å². The molecular weight excluding hydrogens is 266 g/mol. The van der Waals surface area contributed by atoms with Gasteiger partial charge in [0.15, 0.2) is 0 Å². The van der Waals surface area contributed by atoms with E-state index in [1.807, 2.05) is 5.51 Å². The molecule has 1 aromatic heterocycles. The molecule has 0 radical (unpaired) electrons. The fraction of sp³-hybridized carbons (Fsp3) is 0.438. The fourth-order valence-corrected chi connectivity index (χ4v) is 3.48. The maximum atomic E-state index is 4.42. The average Bonchev–Trinajstić information content (AvgIpc) is 3.11. The first kappa shape index (κ1) is 13.6. The molecule has 0 spiro atoms. The predicted molar refractivity (Wildman–Crippen MR) is 85.3 cm³/mol. The van der Waals surface area contributed by atoms with E-state index in [1.54, 1.807) is 11.3 Å². The molecule has 0 amide bonds. The van der Waals surface area contributed by atoms with Gasteiger partial charge in [-0.3, -0.25) is 4.90 Å². The number of hydrogen-bond acceptors (Lipinski definition) is 4. The minimum atomic E-state index is 0.539. The second kappa shape index (κ2) is 5.94. The maximum Gasteiger partial charge on any atom is 0.0795 e. The molecule has 1 fully saturated rings. The molecule has 20 heavy (non-hydrogen) atoms. The Labute approximate surface area is 124 Å². The second-order valence-electron chi connectivity index (χ2n) is 5.60. The van der Waals surface area contributed by atoms with Crippen molar-refractivity contribution in [1.29, 1.82) is 0 Å². The van der Waals surface area contributed by atoms with E-state index in [2.05, 4.69) is 58.5 Å². The lowest BCUT2D eigenvalue weighted by Gasteiger charge is -2.25. The van der Waals surface area contributed by atoms with Crippen LogP contribution < -0.4 is 4.90 Å². The lowest BCUT2D eigenvalue weighted by atomic mass is 10.0. The van der Waals surface area contributed by atoms with Crippen molar-refractivity contribution in [2.24, 2.45) is 0 Å². The van der Waals surface area contributed by atoms with Gasteiger partial charge in [-0.05, 0) is 37.1 Å². The Hall–Kier alpha value is -1.39. The summed E-state index contributed by atoms with van der Waals surface area (Å²) in [7, 11) is 4.20. The van der Waals surface area contributed by atoms with Crippen molar-refractivity contribution in [3.63, 3.8) is 0 Å². The highest BCUT2D eigenvalue weighted by molar-refractivity contribution is 7.07. The number of anilines is 1. The zero-order valence-corrected chi connectivity index (χ0v) is 12.9. The Morgan fingerprint density at radius 2 is 2.30 bits per heavy atom. The largest absolute Gasteiger partial charge is 0.378 e. The van der Waals surface area contributed by atoms with Gasteiger partial charge in [0.25, 0.3) is 0 Å². The third-order valence-corrected chi connectivity index (χ3v) is 4.62. The predicted octanol–water partition coefficient (Wildman–Crippen LogP) is 3.55. The number of aromatic nitrogens is 1. The van der Waals surface area contributed by atoms with E-state index in [0.717, 1.165) is 6.54 Å². The summed E-state index contributed by atoms with van der Waals surface area (Å²) < 4.78 is 0. The van der Waals surface area contributed by atoms with Crippen LogP contribution in [0.15, 0.2) is 35.2 Å². The molecule has 2 aromatic rings. The van der Waals surface area contributed by atoms with Gasteiger partial charge in [-0.1, -0.05) is 12.1 Å². The van der Waals surface area contributed by atoms with Gasteiger partial charge in [0.05, 0.1) is 11.2 Å². The zero-order valence-electron chi connectivity index (χ0n) is 12.1. The zero-order chi connectivity index (χ0) is 13.9. The molecule has 3 nitrogen and oxygen atoms in total. The maximum absolute atomic E-state index is 4.42. The number of rotatable bonds is 4. The molecule has 0 bridgehead atoms. The smallest absolute Gasteiger partial charge is 0.0795 e. The monoisotopic (exact) mass is 287 g/mol. The minimum absolute atomic E-state index is 0.539. The van der Waals surface area contributed by atoms with Gasteiger partial charge < -0.3 is 4.90 Å². The van der Waals surface area contributed by atoms with Crippen molar-refractivity contribution >= 4 is 17.0 Å². The minimum Gasteiger partial charge on any atom is -0.378 e. The van der Waals surface area contributed by atoms with Crippen LogP contribution in [0.1, 0.15) is 30.1 Å². The van der Waals surface area contributed by atoms with E-state index >= 15 is 0 Å². The SMILES string of the molecule is CN(C)c1cccc([C@@H]2CCCN2Cc2cscn2)c1. The van der Waals surface area contributed by atoms with Gasteiger partial charge in [0.2, 0.25) is 0 Å². The first-order valence-electron chi connectivity index (χ1n) is 7.12. The highest BCUT2D eigenvalue weighted by atomic mass is 32.1. The number of hydrogen-bond donors (Lipinski definition) is 0. The summed E-state index contributed by atoms with van der Waals surface area (Å²) in [4.78, 5) is 9.15. The Morgan fingerprint density at radius 3 is 3.05 bits per heavy atom. The van der Waals surface area contributed by atoms with Crippen molar-refractivity contribution in [2.45, 2.75) is 25.4 Å². The summed E-state index contributed by atoms with van der Waals surface area (Å²) in [6.45, 7) is 2.15. The molecule has 1 atom stereocenters. The Balaban J connectivity index is 1.79. The van der Waals surface area contributed by atoms with Crippen LogP contribution in [0.5, 0.6) is 0 Å². The third kappa shape index (κ3) is 2.86. The molecule has 106 valence electrons. The molecule has 1 saturated heterocycles. The van der Waals surface area contributed by atoms with E-state index in [1.165, 1.54) is 36.3 Å². The molecule has 0 saturated carbocycles. The summed E-state index contributed by atoms with van der Waals surface area (Å²) in [5.74, 6) is 0. The summed E-state index contributed by atoms with van der Waals surface area (Å²) in [6.07, 6.45) is 2.53. The molecule has 2 heterocycles. The number of benzene rings is 1. The van der Waals surface area contributed by atoms with Crippen LogP contribution in [0.3, 0.4) is 0 Å². The summed E-state index contributed by atoms with van der Waals surface area (Å²) >= 11 is 1.68. The molecule has 0 unspecified atom stereocenters. The normalized spacial score (nSPS) is 19.4. The quantitative estimate of drug-likeness (QED) is 0.857. The van der Waals surface area contributed by atoms with E-state index in [0.29, 0.717) is 6.04 Å². The third-order valence-electron chi connectivity index (χ3n) is 3.98. The lowest BCUT2D eigenvalue weighted by molar-refractivity contribution is 0.246. The standard InChI is InChI=1S/C16H21N3S/c1-18(2)15-6-3-5-13(9-15)16-7-4-8-19(16)10-14-11-20-12-17-14/h3,5-6,9,11-12,16H,4,7-8,10H2,1-2H3/t16-/m0/s1.